The molecule has 0 saturated carbocycles. The molecule has 0 heterocycles. The summed E-state index contributed by atoms with van der Waals surface area (Å²) in [7, 11) is 1.61. The third-order valence-electron chi connectivity index (χ3n) is 4.53. The van der Waals surface area contributed by atoms with Gasteiger partial charge in [0.25, 0.3) is 0 Å². The number of nitrogens with zero attached hydrogens (tertiary/aromatic N) is 1. The van der Waals surface area contributed by atoms with E-state index in [0.29, 0.717) is 25.3 Å². The van der Waals surface area contributed by atoms with Gasteiger partial charge in [-0.1, -0.05) is 37.3 Å². The molecule has 0 spiro atoms. The number of ether oxygens (including phenoxy) is 1. The quantitative estimate of drug-likeness (QED) is 0.562. The van der Waals surface area contributed by atoms with Crippen LogP contribution in [-0.2, 0) is 16.1 Å². The third-order valence-corrected chi connectivity index (χ3v) is 5.55. The van der Waals surface area contributed by atoms with E-state index in [1.807, 2.05) is 61.5 Å². The summed E-state index contributed by atoms with van der Waals surface area (Å²) >= 11 is 1.64. The molecule has 0 bridgehead atoms. The summed E-state index contributed by atoms with van der Waals surface area (Å²) in [5.74, 6) is 1.24. The van der Waals surface area contributed by atoms with Crippen LogP contribution < -0.4 is 10.1 Å². The van der Waals surface area contributed by atoms with Crippen LogP contribution in [0.4, 0.5) is 0 Å². The minimum Gasteiger partial charge on any atom is -0.497 e. The summed E-state index contributed by atoms with van der Waals surface area (Å²) in [6, 6.07) is 17.1. The standard InChI is InChI=1S/C23H30N2O3S/c1-4-14-24-23(27)18(2)25(17-19-9-8-10-20(16-19)28-3)22(26)13-15-29-21-11-6-5-7-12-21/h5-12,16,18H,4,13-15,17H2,1-3H3,(H,24,27). The fourth-order valence-electron chi connectivity index (χ4n) is 2.86. The predicted molar refractivity (Wildman–Crippen MR) is 118 cm³/mol. The van der Waals surface area contributed by atoms with E-state index in [1.165, 1.54) is 0 Å². The topological polar surface area (TPSA) is 58.6 Å². The van der Waals surface area contributed by atoms with Crippen molar-refractivity contribution >= 4 is 23.6 Å². The van der Waals surface area contributed by atoms with Gasteiger partial charge in [0, 0.05) is 30.2 Å². The highest BCUT2D eigenvalue weighted by molar-refractivity contribution is 7.99. The maximum atomic E-state index is 13.0. The van der Waals surface area contributed by atoms with Crippen molar-refractivity contribution in [1.82, 2.24) is 10.2 Å². The van der Waals surface area contributed by atoms with E-state index in [0.717, 1.165) is 22.6 Å². The zero-order chi connectivity index (χ0) is 21.1. The number of methoxy groups -OCH3 is 1. The second-order valence-corrected chi connectivity index (χ2v) is 7.92. The lowest BCUT2D eigenvalue weighted by Gasteiger charge is -2.29. The molecule has 156 valence electrons. The monoisotopic (exact) mass is 414 g/mol. The van der Waals surface area contributed by atoms with Gasteiger partial charge in [0.2, 0.25) is 11.8 Å². The number of benzene rings is 2. The van der Waals surface area contributed by atoms with Crippen LogP contribution in [0.25, 0.3) is 0 Å². The van der Waals surface area contributed by atoms with Crippen LogP contribution in [-0.4, -0.2) is 42.2 Å². The van der Waals surface area contributed by atoms with Crippen LogP contribution in [0, 0.1) is 0 Å². The van der Waals surface area contributed by atoms with Gasteiger partial charge in [-0.3, -0.25) is 9.59 Å². The number of carbonyl (C=O) groups is 2. The van der Waals surface area contributed by atoms with E-state index < -0.39 is 6.04 Å². The van der Waals surface area contributed by atoms with Crippen LogP contribution in [0.2, 0.25) is 0 Å². The first-order valence-corrected chi connectivity index (χ1v) is 10.9. The number of thioether (sulfide) groups is 1. The second kappa shape index (κ2) is 12.2. The number of hydrogen-bond acceptors (Lipinski definition) is 4. The Balaban J connectivity index is 2.07. The summed E-state index contributed by atoms with van der Waals surface area (Å²) in [5.41, 5.74) is 0.934. The molecule has 2 amide bonds. The Morgan fingerprint density at radius 1 is 1.14 bits per heavy atom. The van der Waals surface area contributed by atoms with E-state index in [2.05, 4.69) is 5.32 Å². The second-order valence-electron chi connectivity index (χ2n) is 6.75. The maximum Gasteiger partial charge on any atom is 0.242 e. The summed E-state index contributed by atoms with van der Waals surface area (Å²) in [6.45, 7) is 4.76. The molecule has 0 fully saturated rings. The van der Waals surface area contributed by atoms with E-state index in [9.17, 15) is 9.59 Å². The zero-order valence-corrected chi connectivity index (χ0v) is 18.2. The number of hydrogen-bond donors (Lipinski definition) is 1. The van der Waals surface area contributed by atoms with Crippen molar-refractivity contribution in [3.05, 3.63) is 60.2 Å². The Labute approximate surface area is 177 Å². The van der Waals surface area contributed by atoms with Gasteiger partial charge < -0.3 is 15.0 Å². The molecule has 0 aromatic heterocycles. The summed E-state index contributed by atoms with van der Waals surface area (Å²) in [6.07, 6.45) is 1.23. The van der Waals surface area contributed by atoms with Crippen molar-refractivity contribution in [2.24, 2.45) is 0 Å². The van der Waals surface area contributed by atoms with E-state index in [1.54, 1.807) is 30.7 Å². The number of carbonyl (C=O) groups excluding carboxylic acids is 2. The Morgan fingerprint density at radius 2 is 1.90 bits per heavy atom. The highest BCUT2D eigenvalue weighted by Crippen LogP contribution is 2.20. The van der Waals surface area contributed by atoms with Gasteiger partial charge in [-0.15, -0.1) is 11.8 Å². The Kier molecular flexibility index (Phi) is 9.57. The minimum atomic E-state index is -0.540. The smallest absolute Gasteiger partial charge is 0.242 e. The predicted octanol–water partition coefficient (Wildman–Crippen LogP) is 4.12. The van der Waals surface area contributed by atoms with Gasteiger partial charge in [-0.25, -0.2) is 0 Å². The molecule has 0 radical (unpaired) electrons. The van der Waals surface area contributed by atoms with Crippen molar-refractivity contribution in [3.8, 4) is 5.75 Å². The first-order chi connectivity index (χ1) is 14.0. The molecule has 2 aromatic carbocycles. The lowest BCUT2D eigenvalue weighted by atomic mass is 10.1. The van der Waals surface area contributed by atoms with Gasteiger partial charge in [0.05, 0.1) is 7.11 Å². The molecule has 0 saturated heterocycles. The molecule has 5 nitrogen and oxygen atoms in total. The largest absolute Gasteiger partial charge is 0.497 e. The summed E-state index contributed by atoms with van der Waals surface area (Å²) in [4.78, 5) is 28.3. The highest BCUT2D eigenvalue weighted by atomic mass is 32.2. The van der Waals surface area contributed by atoms with E-state index in [4.69, 9.17) is 4.74 Å². The Morgan fingerprint density at radius 3 is 2.59 bits per heavy atom. The number of nitrogens with one attached hydrogen (secondary N) is 1. The lowest BCUT2D eigenvalue weighted by molar-refractivity contribution is -0.140. The third kappa shape index (κ3) is 7.46. The van der Waals surface area contributed by atoms with Gasteiger partial charge in [-0.05, 0) is 43.2 Å². The average Bonchev–Trinajstić information content (AvgIpc) is 2.76. The van der Waals surface area contributed by atoms with E-state index >= 15 is 0 Å². The molecule has 2 rings (SSSR count). The van der Waals surface area contributed by atoms with Crippen LogP contribution >= 0.6 is 11.8 Å². The SMILES string of the molecule is CCCNC(=O)C(C)N(Cc1cccc(OC)c1)C(=O)CCSc1ccccc1. The molecule has 0 aliphatic heterocycles. The molecule has 0 aliphatic carbocycles. The Bertz CT molecular complexity index is 783. The Hall–Kier alpha value is -2.47. The summed E-state index contributed by atoms with van der Waals surface area (Å²) < 4.78 is 5.29. The molecular formula is C23H30N2O3S. The normalized spacial score (nSPS) is 11.6. The van der Waals surface area contributed by atoms with E-state index in [-0.39, 0.29) is 11.8 Å². The van der Waals surface area contributed by atoms with Crippen LogP contribution in [0.3, 0.4) is 0 Å². The van der Waals surface area contributed by atoms with Gasteiger partial charge >= 0.3 is 0 Å². The van der Waals surface area contributed by atoms with Gasteiger partial charge in [0.15, 0.2) is 0 Å². The molecule has 0 aliphatic rings. The molecule has 2 aromatic rings. The van der Waals surface area contributed by atoms with Crippen molar-refractivity contribution < 1.29 is 14.3 Å². The first-order valence-electron chi connectivity index (χ1n) is 9.93. The molecule has 29 heavy (non-hydrogen) atoms. The molecular weight excluding hydrogens is 384 g/mol. The fourth-order valence-corrected chi connectivity index (χ4v) is 3.72. The number of amides is 2. The van der Waals surface area contributed by atoms with Crippen molar-refractivity contribution in [2.75, 3.05) is 19.4 Å². The fraction of sp³-hybridized carbons (Fsp3) is 0.391. The van der Waals surface area contributed by atoms with Crippen molar-refractivity contribution in [1.29, 1.82) is 0 Å². The molecule has 1 atom stereocenters. The first kappa shape index (κ1) is 22.8. The minimum absolute atomic E-state index is 0.0320. The van der Waals surface area contributed by atoms with Gasteiger partial charge in [-0.2, -0.15) is 0 Å². The van der Waals surface area contributed by atoms with Crippen LogP contribution in [0.15, 0.2) is 59.5 Å². The molecule has 6 heteroatoms. The highest BCUT2D eigenvalue weighted by Gasteiger charge is 2.25. The average molecular weight is 415 g/mol. The van der Waals surface area contributed by atoms with Crippen molar-refractivity contribution in [3.63, 3.8) is 0 Å². The van der Waals surface area contributed by atoms with Crippen LogP contribution in [0.5, 0.6) is 5.75 Å². The zero-order valence-electron chi connectivity index (χ0n) is 17.4. The summed E-state index contributed by atoms with van der Waals surface area (Å²) in [5, 5.41) is 2.90. The molecule has 1 unspecified atom stereocenters. The van der Waals surface area contributed by atoms with Gasteiger partial charge in [0.1, 0.15) is 11.8 Å². The van der Waals surface area contributed by atoms with Crippen LogP contribution in [0.1, 0.15) is 32.3 Å². The lowest BCUT2D eigenvalue weighted by Crippen LogP contribution is -2.47. The maximum absolute atomic E-state index is 13.0. The molecule has 1 N–H and O–H groups in total. The number of rotatable bonds is 11. The van der Waals surface area contributed by atoms with Crippen molar-refractivity contribution in [2.45, 2.75) is 44.2 Å².